The van der Waals surface area contributed by atoms with Crippen molar-refractivity contribution in [1.29, 1.82) is 0 Å². The summed E-state index contributed by atoms with van der Waals surface area (Å²) in [6, 6.07) is 0.592. The average Bonchev–Trinajstić information content (AvgIpc) is 2.03. The smallest absolute Gasteiger partial charge is 0.314 e. The molecule has 1 fully saturated rings. The molecule has 0 aromatic carbocycles. The monoisotopic (exact) mass is 185 g/mol. The van der Waals surface area contributed by atoms with Crippen molar-refractivity contribution in [2.75, 3.05) is 13.1 Å². The fourth-order valence-electron chi connectivity index (χ4n) is 1.78. The van der Waals surface area contributed by atoms with Crippen molar-refractivity contribution in [2.24, 2.45) is 5.73 Å². The van der Waals surface area contributed by atoms with Gasteiger partial charge in [0.15, 0.2) is 0 Å². The van der Waals surface area contributed by atoms with E-state index in [9.17, 15) is 4.79 Å². The van der Waals surface area contributed by atoms with E-state index in [1.807, 2.05) is 0 Å². The molecule has 1 saturated heterocycles. The Kier molecular flexibility index (Phi) is 3.54. The number of hydrogen-bond donors (Lipinski definition) is 2. The van der Waals surface area contributed by atoms with E-state index in [1.165, 1.54) is 0 Å². The molecule has 13 heavy (non-hydrogen) atoms. The molecular formula is C9H19N3O. The van der Waals surface area contributed by atoms with Crippen LogP contribution < -0.4 is 11.1 Å². The van der Waals surface area contributed by atoms with Crippen LogP contribution in [0.3, 0.4) is 0 Å². The number of nitrogens with one attached hydrogen (secondary N) is 1. The summed E-state index contributed by atoms with van der Waals surface area (Å²) in [6.07, 6.45) is 2.19. The van der Waals surface area contributed by atoms with Gasteiger partial charge in [0, 0.05) is 25.2 Å². The zero-order chi connectivity index (χ0) is 9.84. The summed E-state index contributed by atoms with van der Waals surface area (Å²) in [4.78, 5) is 12.6. The second kappa shape index (κ2) is 4.46. The first kappa shape index (κ1) is 10.3. The van der Waals surface area contributed by atoms with E-state index in [1.54, 1.807) is 4.90 Å². The minimum Gasteiger partial charge on any atom is -0.351 e. The standard InChI is InChI=1S/C9H19N3O/c1-7(2)11-8-4-3-5-12(6-8)9(10)13/h7-8,11H,3-6H2,1-2H3,(H2,10,13). The molecule has 1 aliphatic rings. The van der Waals surface area contributed by atoms with Gasteiger partial charge in [0.05, 0.1) is 0 Å². The Morgan fingerprint density at radius 3 is 2.85 bits per heavy atom. The van der Waals surface area contributed by atoms with E-state index < -0.39 is 0 Å². The topological polar surface area (TPSA) is 58.4 Å². The third-order valence-electron chi connectivity index (χ3n) is 2.30. The molecule has 76 valence electrons. The van der Waals surface area contributed by atoms with Crippen molar-refractivity contribution >= 4 is 6.03 Å². The lowest BCUT2D eigenvalue weighted by atomic mass is 10.1. The van der Waals surface area contributed by atoms with Gasteiger partial charge in [-0.1, -0.05) is 13.8 Å². The number of hydrogen-bond acceptors (Lipinski definition) is 2. The molecule has 0 aromatic heterocycles. The first-order valence-electron chi connectivity index (χ1n) is 4.90. The number of urea groups is 1. The van der Waals surface area contributed by atoms with Gasteiger partial charge < -0.3 is 16.0 Å². The lowest BCUT2D eigenvalue weighted by Crippen LogP contribution is -2.51. The Labute approximate surface area is 79.5 Å². The molecule has 0 aliphatic carbocycles. The Balaban J connectivity index is 2.37. The van der Waals surface area contributed by atoms with Gasteiger partial charge in [0.25, 0.3) is 0 Å². The first-order chi connectivity index (χ1) is 6.09. The van der Waals surface area contributed by atoms with Gasteiger partial charge in [0.2, 0.25) is 0 Å². The fraction of sp³-hybridized carbons (Fsp3) is 0.889. The van der Waals surface area contributed by atoms with Crippen molar-refractivity contribution in [1.82, 2.24) is 10.2 Å². The van der Waals surface area contributed by atoms with E-state index in [0.717, 1.165) is 25.9 Å². The van der Waals surface area contributed by atoms with Crippen LogP contribution in [0.1, 0.15) is 26.7 Å². The molecule has 4 nitrogen and oxygen atoms in total. The molecule has 0 radical (unpaired) electrons. The number of amides is 2. The SMILES string of the molecule is CC(C)NC1CCCN(C(N)=O)C1. The predicted molar refractivity (Wildman–Crippen MR) is 52.5 cm³/mol. The summed E-state index contributed by atoms with van der Waals surface area (Å²) in [5.74, 6) is 0. The number of carbonyl (C=O) groups is 1. The summed E-state index contributed by atoms with van der Waals surface area (Å²) < 4.78 is 0. The van der Waals surface area contributed by atoms with Crippen molar-refractivity contribution < 1.29 is 4.79 Å². The molecule has 0 aromatic rings. The summed E-state index contributed by atoms with van der Waals surface area (Å²) in [6.45, 7) is 5.80. The average molecular weight is 185 g/mol. The van der Waals surface area contributed by atoms with Crippen LogP contribution in [0.15, 0.2) is 0 Å². The maximum absolute atomic E-state index is 10.9. The highest BCUT2D eigenvalue weighted by Gasteiger charge is 2.21. The fourth-order valence-corrected chi connectivity index (χ4v) is 1.78. The van der Waals surface area contributed by atoms with Crippen molar-refractivity contribution in [3.63, 3.8) is 0 Å². The van der Waals surface area contributed by atoms with Crippen LogP contribution in [0, 0.1) is 0 Å². The van der Waals surface area contributed by atoms with Crippen LogP contribution in [0.25, 0.3) is 0 Å². The van der Waals surface area contributed by atoms with E-state index in [4.69, 9.17) is 5.73 Å². The quantitative estimate of drug-likeness (QED) is 0.659. The normalized spacial score (nSPS) is 23.6. The van der Waals surface area contributed by atoms with E-state index in [-0.39, 0.29) is 6.03 Å². The largest absolute Gasteiger partial charge is 0.351 e. The van der Waals surface area contributed by atoms with E-state index in [2.05, 4.69) is 19.2 Å². The number of likely N-dealkylation sites (tertiary alicyclic amines) is 1. The Bertz CT molecular complexity index is 182. The maximum atomic E-state index is 10.9. The molecule has 0 spiro atoms. The number of piperidine rings is 1. The van der Waals surface area contributed by atoms with Gasteiger partial charge in [-0.15, -0.1) is 0 Å². The molecule has 0 saturated carbocycles. The van der Waals surface area contributed by atoms with Crippen LogP contribution in [-0.2, 0) is 0 Å². The molecule has 1 atom stereocenters. The Morgan fingerprint density at radius 2 is 2.31 bits per heavy atom. The molecule has 3 N–H and O–H groups in total. The predicted octanol–water partition coefficient (Wildman–Crippen LogP) is 0.528. The molecule has 1 heterocycles. The maximum Gasteiger partial charge on any atom is 0.314 e. The summed E-state index contributed by atoms with van der Waals surface area (Å²) in [7, 11) is 0. The van der Waals surface area contributed by atoms with Crippen LogP contribution in [0.5, 0.6) is 0 Å². The van der Waals surface area contributed by atoms with Gasteiger partial charge in [-0.25, -0.2) is 4.79 Å². The highest BCUT2D eigenvalue weighted by Crippen LogP contribution is 2.09. The molecule has 1 aliphatic heterocycles. The Morgan fingerprint density at radius 1 is 1.62 bits per heavy atom. The van der Waals surface area contributed by atoms with E-state index >= 15 is 0 Å². The third kappa shape index (κ3) is 3.22. The first-order valence-corrected chi connectivity index (χ1v) is 4.90. The van der Waals surface area contributed by atoms with Crippen molar-refractivity contribution in [2.45, 2.75) is 38.8 Å². The minimum absolute atomic E-state index is 0.296. The van der Waals surface area contributed by atoms with Crippen molar-refractivity contribution in [3.05, 3.63) is 0 Å². The van der Waals surface area contributed by atoms with Crippen LogP contribution in [-0.4, -0.2) is 36.1 Å². The van der Waals surface area contributed by atoms with Crippen molar-refractivity contribution in [3.8, 4) is 0 Å². The third-order valence-corrected chi connectivity index (χ3v) is 2.30. The highest BCUT2D eigenvalue weighted by molar-refractivity contribution is 5.72. The Hall–Kier alpha value is -0.770. The number of nitrogens with zero attached hydrogens (tertiary/aromatic N) is 1. The molecule has 1 unspecified atom stereocenters. The van der Waals surface area contributed by atoms with Gasteiger partial charge >= 0.3 is 6.03 Å². The van der Waals surface area contributed by atoms with Crippen LogP contribution in [0.4, 0.5) is 4.79 Å². The number of rotatable bonds is 2. The molecular weight excluding hydrogens is 166 g/mol. The van der Waals surface area contributed by atoms with Gasteiger partial charge in [0.1, 0.15) is 0 Å². The minimum atomic E-state index is -0.296. The van der Waals surface area contributed by atoms with Gasteiger partial charge in [-0.05, 0) is 12.8 Å². The van der Waals surface area contributed by atoms with E-state index in [0.29, 0.717) is 12.1 Å². The van der Waals surface area contributed by atoms with Crippen LogP contribution >= 0.6 is 0 Å². The molecule has 2 amide bonds. The molecule has 0 bridgehead atoms. The van der Waals surface area contributed by atoms with Gasteiger partial charge in [-0.2, -0.15) is 0 Å². The lowest BCUT2D eigenvalue weighted by Gasteiger charge is -2.33. The summed E-state index contributed by atoms with van der Waals surface area (Å²) >= 11 is 0. The summed E-state index contributed by atoms with van der Waals surface area (Å²) in [5.41, 5.74) is 5.22. The lowest BCUT2D eigenvalue weighted by molar-refractivity contribution is 0.179. The molecule has 4 heteroatoms. The number of carbonyl (C=O) groups excluding carboxylic acids is 1. The zero-order valence-corrected chi connectivity index (χ0v) is 8.42. The number of primary amides is 1. The van der Waals surface area contributed by atoms with Gasteiger partial charge in [-0.3, -0.25) is 0 Å². The molecule has 1 rings (SSSR count). The highest BCUT2D eigenvalue weighted by atomic mass is 16.2. The summed E-state index contributed by atoms with van der Waals surface area (Å²) in [5, 5.41) is 3.42. The zero-order valence-electron chi connectivity index (χ0n) is 8.42. The number of nitrogens with two attached hydrogens (primary N) is 1. The second-order valence-corrected chi connectivity index (χ2v) is 3.94. The second-order valence-electron chi connectivity index (χ2n) is 3.94. The van der Waals surface area contributed by atoms with Crippen LogP contribution in [0.2, 0.25) is 0 Å².